The summed E-state index contributed by atoms with van der Waals surface area (Å²) < 4.78 is 22.1. The van der Waals surface area contributed by atoms with E-state index in [1.54, 1.807) is 0 Å². The summed E-state index contributed by atoms with van der Waals surface area (Å²) in [6.45, 7) is 4.41. The van der Waals surface area contributed by atoms with Crippen LogP contribution in [0.25, 0.3) is 0 Å². The highest BCUT2D eigenvalue weighted by molar-refractivity contribution is 7.91. The molecule has 0 bridgehead atoms. The summed E-state index contributed by atoms with van der Waals surface area (Å²) in [7, 11) is -2.75. The molecule has 60 valence electrons. The van der Waals surface area contributed by atoms with Crippen molar-refractivity contribution >= 4 is 9.84 Å². The standard InChI is InChI=1S/C6H13NO2S/c1-6(2)5-10(8,9)4-3-7-6/h7H,3-5H2,1-2H3. The number of nitrogens with one attached hydrogen (secondary N) is 1. The lowest BCUT2D eigenvalue weighted by molar-refractivity contribution is 0.418. The average molecular weight is 163 g/mol. The fraction of sp³-hybridized carbons (Fsp3) is 1.00. The Morgan fingerprint density at radius 3 is 2.30 bits per heavy atom. The minimum Gasteiger partial charge on any atom is -0.310 e. The van der Waals surface area contributed by atoms with Gasteiger partial charge >= 0.3 is 0 Å². The van der Waals surface area contributed by atoms with Crippen LogP contribution in [-0.2, 0) is 9.84 Å². The molecule has 1 heterocycles. The van der Waals surface area contributed by atoms with Gasteiger partial charge in [-0.2, -0.15) is 0 Å². The number of rotatable bonds is 0. The lowest BCUT2D eigenvalue weighted by atomic mass is 10.1. The van der Waals surface area contributed by atoms with Crippen LogP contribution in [0.1, 0.15) is 13.8 Å². The van der Waals surface area contributed by atoms with E-state index in [1.807, 2.05) is 13.8 Å². The maximum Gasteiger partial charge on any atom is 0.153 e. The molecule has 0 aromatic rings. The smallest absolute Gasteiger partial charge is 0.153 e. The zero-order valence-corrected chi connectivity index (χ0v) is 7.16. The van der Waals surface area contributed by atoms with Gasteiger partial charge in [0.25, 0.3) is 0 Å². The molecule has 0 amide bonds. The highest BCUT2D eigenvalue weighted by Crippen LogP contribution is 2.11. The first kappa shape index (κ1) is 8.01. The number of sulfone groups is 1. The van der Waals surface area contributed by atoms with E-state index in [4.69, 9.17) is 0 Å². The van der Waals surface area contributed by atoms with Crippen molar-refractivity contribution in [3.8, 4) is 0 Å². The van der Waals surface area contributed by atoms with Crippen molar-refractivity contribution in [1.29, 1.82) is 0 Å². The van der Waals surface area contributed by atoms with Crippen LogP contribution in [0, 0.1) is 0 Å². The summed E-state index contributed by atoms with van der Waals surface area (Å²) in [5.41, 5.74) is -0.225. The van der Waals surface area contributed by atoms with Gasteiger partial charge in [-0.3, -0.25) is 0 Å². The molecule has 0 atom stereocenters. The minimum atomic E-state index is -2.75. The quantitative estimate of drug-likeness (QED) is 0.537. The molecular weight excluding hydrogens is 150 g/mol. The molecule has 1 fully saturated rings. The van der Waals surface area contributed by atoms with E-state index < -0.39 is 9.84 Å². The van der Waals surface area contributed by atoms with Crippen LogP contribution in [0.5, 0.6) is 0 Å². The molecule has 1 rings (SSSR count). The van der Waals surface area contributed by atoms with Gasteiger partial charge < -0.3 is 5.32 Å². The van der Waals surface area contributed by atoms with Crippen molar-refractivity contribution in [3.05, 3.63) is 0 Å². The second-order valence-electron chi connectivity index (χ2n) is 3.40. The summed E-state index contributed by atoms with van der Waals surface area (Å²) in [5, 5.41) is 3.13. The third-order valence-electron chi connectivity index (χ3n) is 1.60. The fourth-order valence-corrected chi connectivity index (χ4v) is 2.98. The summed E-state index contributed by atoms with van der Waals surface area (Å²) in [6, 6.07) is 0. The molecule has 0 spiro atoms. The molecular formula is C6H13NO2S. The van der Waals surface area contributed by atoms with Crippen LogP contribution < -0.4 is 5.32 Å². The molecule has 0 unspecified atom stereocenters. The van der Waals surface area contributed by atoms with Crippen LogP contribution >= 0.6 is 0 Å². The zero-order chi connectivity index (χ0) is 7.83. The second-order valence-corrected chi connectivity index (χ2v) is 5.59. The van der Waals surface area contributed by atoms with Gasteiger partial charge in [0.15, 0.2) is 9.84 Å². The van der Waals surface area contributed by atoms with Gasteiger partial charge in [0.1, 0.15) is 0 Å². The van der Waals surface area contributed by atoms with Crippen molar-refractivity contribution < 1.29 is 8.42 Å². The van der Waals surface area contributed by atoms with Gasteiger partial charge in [-0.25, -0.2) is 8.42 Å². The SMILES string of the molecule is CC1(C)CS(=O)(=O)CCN1. The highest BCUT2D eigenvalue weighted by Gasteiger charge is 2.29. The Labute approximate surface area is 61.7 Å². The Hall–Kier alpha value is -0.0900. The van der Waals surface area contributed by atoms with Crippen molar-refractivity contribution in [1.82, 2.24) is 5.32 Å². The molecule has 1 aliphatic heterocycles. The van der Waals surface area contributed by atoms with E-state index in [-0.39, 0.29) is 17.0 Å². The summed E-state index contributed by atoms with van der Waals surface area (Å²) >= 11 is 0. The monoisotopic (exact) mass is 163 g/mol. The van der Waals surface area contributed by atoms with E-state index in [0.29, 0.717) is 6.54 Å². The molecule has 1 saturated heterocycles. The first-order valence-electron chi connectivity index (χ1n) is 3.37. The summed E-state index contributed by atoms with van der Waals surface area (Å²) in [5.74, 6) is 0.552. The second kappa shape index (κ2) is 2.20. The molecule has 0 aromatic heterocycles. The van der Waals surface area contributed by atoms with Crippen molar-refractivity contribution in [2.24, 2.45) is 0 Å². The Morgan fingerprint density at radius 1 is 1.40 bits per heavy atom. The van der Waals surface area contributed by atoms with Crippen LogP contribution in [0.4, 0.5) is 0 Å². The van der Waals surface area contributed by atoms with Gasteiger partial charge in [-0.1, -0.05) is 0 Å². The molecule has 1 N–H and O–H groups in total. The third kappa shape index (κ3) is 1.95. The van der Waals surface area contributed by atoms with Gasteiger partial charge in [0, 0.05) is 12.1 Å². The topological polar surface area (TPSA) is 46.2 Å². The van der Waals surface area contributed by atoms with Crippen LogP contribution in [0.2, 0.25) is 0 Å². The minimum absolute atomic E-state index is 0.225. The van der Waals surface area contributed by atoms with Gasteiger partial charge in [0.2, 0.25) is 0 Å². The van der Waals surface area contributed by atoms with E-state index in [9.17, 15) is 8.42 Å². The zero-order valence-electron chi connectivity index (χ0n) is 6.35. The van der Waals surface area contributed by atoms with E-state index in [1.165, 1.54) is 0 Å². The Bertz CT molecular complexity index is 218. The lowest BCUT2D eigenvalue weighted by Gasteiger charge is -2.30. The van der Waals surface area contributed by atoms with Crippen molar-refractivity contribution in [3.63, 3.8) is 0 Å². The Kier molecular flexibility index (Phi) is 1.76. The molecule has 3 nitrogen and oxygen atoms in total. The van der Waals surface area contributed by atoms with Gasteiger partial charge in [-0.05, 0) is 13.8 Å². The normalized spacial score (nSPS) is 29.8. The predicted molar refractivity (Wildman–Crippen MR) is 40.7 cm³/mol. The highest BCUT2D eigenvalue weighted by atomic mass is 32.2. The first-order chi connectivity index (χ1) is 4.41. The van der Waals surface area contributed by atoms with Gasteiger partial charge in [0.05, 0.1) is 11.5 Å². The Balaban J connectivity index is 2.75. The largest absolute Gasteiger partial charge is 0.310 e. The molecule has 0 saturated carbocycles. The van der Waals surface area contributed by atoms with Crippen LogP contribution in [-0.4, -0.2) is 32.0 Å². The number of hydrogen-bond acceptors (Lipinski definition) is 3. The van der Waals surface area contributed by atoms with Gasteiger partial charge in [-0.15, -0.1) is 0 Å². The molecule has 10 heavy (non-hydrogen) atoms. The summed E-state index contributed by atoms with van der Waals surface area (Å²) in [6.07, 6.45) is 0. The molecule has 1 aliphatic rings. The van der Waals surface area contributed by atoms with Crippen molar-refractivity contribution in [2.75, 3.05) is 18.1 Å². The van der Waals surface area contributed by atoms with Crippen LogP contribution in [0.3, 0.4) is 0 Å². The molecule has 4 heteroatoms. The lowest BCUT2D eigenvalue weighted by Crippen LogP contribution is -2.52. The number of hydrogen-bond donors (Lipinski definition) is 1. The molecule has 0 aliphatic carbocycles. The summed E-state index contributed by atoms with van der Waals surface area (Å²) in [4.78, 5) is 0. The first-order valence-corrected chi connectivity index (χ1v) is 5.19. The maximum absolute atomic E-state index is 11.0. The predicted octanol–water partition coefficient (Wildman–Crippen LogP) is -0.217. The third-order valence-corrected chi connectivity index (χ3v) is 3.59. The van der Waals surface area contributed by atoms with E-state index in [0.717, 1.165) is 0 Å². The Morgan fingerprint density at radius 2 is 2.00 bits per heavy atom. The van der Waals surface area contributed by atoms with E-state index >= 15 is 0 Å². The maximum atomic E-state index is 11.0. The van der Waals surface area contributed by atoms with E-state index in [2.05, 4.69) is 5.32 Å². The molecule has 0 aromatic carbocycles. The van der Waals surface area contributed by atoms with Crippen LogP contribution in [0.15, 0.2) is 0 Å². The van der Waals surface area contributed by atoms with Crippen molar-refractivity contribution in [2.45, 2.75) is 19.4 Å². The average Bonchev–Trinajstić information content (AvgIpc) is 1.56. The molecule has 0 radical (unpaired) electrons. The fourth-order valence-electron chi connectivity index (χ4n) is 1.22.